The smallest absolute Gasteiger partial charge is 0.417 e. The van der Waals surface area contributed by atoms with Crippen LogP contribution in [0.5, 0.6) is 0 Å². The van der Waals surface area contributed by atoms with Gasteiger partial charge in [0.05, 0.1) is 74.8 Å². The fourth-order valence-corrected chi connectivity index (χ4v) is 14.5. The Morgan fingerprint density at radius 3 is 1.77 bits per heavy atom. The number of methoxy groups -OCH3 is 1. The fourth-order valence-electron chi connectivity index (χ4n) is 13.9. The van der Waals surface area contributed by atoms with Gasteiger partial charge in [0.2, 0.25) is 0 Å². The van der Waals surface area contributed by atoms with E-state index < -0.39 is 80.2 Å². The van der Waals surface area contributed by atoms with Crippen molar-refractivity contribution in [3.63, 3.8) is 0 Å². The second kappa shape index (κ2) is 21.1. The van der Waals surface area contributed by atoms with Crippen molar-refractivity contribution in [1.29, 1.82) is 0 Å². The maximum absolute atomic E-state index is 15.3. The first-order valence-electron chi connectivity index (χ1n) is 27.5. The van der Waals surface area contributed by atoms with E-state index in [2.05, 4.69) is 15.4 Å². The molecule has 6 bridgehead atoms. The minimum absolute atomic E-state index is 0.00773. The first-order chi connectivity index (χ1) is 39.1. The summed E-state index contributed by atoms with van der Waals surface area (Å²) in [6.07, 6.45) is -0.518. The highest BCUT2D eigenvalue weighted by molar-refractivity contribution is 6.35. The number of nitrogens with zero attached hydrogens (tertiary/aromatic N) is 8. The van der Waals surface area contributed by atoms with Crippen LogP contribution in [0.15, 0.2) is 54.9 Å². The van der Waals surface area contributed by atoms with E-state index in [1.807, 2.05) is 9.80 Å². The molecule has 82 heavy (non-hydrogen) atoms. The van der Waals surface area contributed by atoms with Gasteiger partial charge in [0, 0.05) is 61.0 Å². The molecule has 432 valence electrons. The molecule has 7 atom stereocenters. The number of pyridine rings is 2. The van der Waals surface area contributed by atoms with E-state index in [0.29, 0.717) is 63.0 Å². The van der Waals surface area contributed by atoms with Gasteiger partial charge in [-0.1, -0.05) is 42.3 Å². The molecule has 17 nitrogen and oxygen atoms in total. The average Bonchev–Trinajstić information content (AvgIpc) is 3.43. The molecule has 0 spiro atoms. The van der Waals surface area contributed by atoms with Gasteiger partial charge in [-0.2, -0.15) is 35.7 Å². The number of hydrogen-bond acceptors (Lipinski definition) is 14. The van der Waals surface area contributed by atoms with E-state index in [1.54, 1.807) is 19.2 Å². The number of ether oxygens (including phenoxy) is 2. The average molecular weight is 1180 g/mol. The maximum Gasteiger partial charge on any atom is 0.417 e. The molecule has 2 N–H and O–H groups in total. The van der Waals surface area contributed by atoms with Crippen molar-refractivity contribution < 1.29 is 64.9 Å². The molecular weight excluding hydrogens is 1120 g/mol. The van der Waals surface area contributed by atoms with Crippen LogP contribution in [0.2, 0.25) is 10.0 Å². The van der Waals surface area contributed by atoms with Gasteiger partial charge in [-0.3, -0.25) is 33.9 Å². The van der Waals surface area contributed by atoms with Crippen molar-refractivity contribution >= 4 is 86.6 Å². The van der Waals surface area contributed by atoms with E-state index in [-0.39, 0.29) is 125 Å². The van der Waals surface area contributed by atoms with E-state index in [4.69, 9.17) is 42.8 Å². The minimum atomic E-state index is -5.14. The van der Waals surface area contributed by atoms with Gasteiger partial charge in [-0.05, 0) is 124 Å². The number of benzene rings is 2. The number of rotatable bonds is 12. The van der Waals surface area contributed by atoms with Crippen molar-refractivity contribution in [2.75, 3.05) is 23.5 Å². The number of piperidine rings is 3. The zero-order valence-corrected chi connectivity index (χ0v) is 45.8. The summed E-state index contributed by atoms with van der Waals surface area (Å²) in [6.45, 7) is 1.75. The van der Waals surface area contributed by atoms with Gasteiger partial charge < -0.3 is 29.7 Å². The number of esters is 2. The second-order valence-corrected chi connectivity index (χ2v) is 23.6. The number of aromatic nitrogens is 6. The quantitative estimate of drug-likeness (QED) is 0.0864. The molecule has 6 aliphatic rings. The van der Waals surface area contributed by atoms with Crippen molar-refractivity contribution in [2.24, 2.45) is 17.8 Å². The summed E-state index contributed by atoms with van der Waals surface area (Å²) in [6, 6.07) is 6.97. The number of hydrogen-bond donors (Lipinski definition) is 2. The number of aliphatic carboxylic acids is 1. The summed E-state index contributed by atoms with van der Waals surface area (Å²) in [5, 5.41) is 21.7. The van der Waals surface area contributed by atoms with Crippen LogP contribution in [0.25, 0.3) is 22.1 Å². The lowest BCUT2D eigenvalue weighted by Crippen LogP contribution is -2.45. The molecule has 0 aliphatic carbocycles. The summed E-state index contributed by atoms with van der Waals surface area (Å²) in [7, 11) is 1.32. The summed E-state index contributed by atoms with van der Waals surface area (Å²) in [4.78, 5) is 81.4. The lowest BCUT2D eigenvalue weighted by Gasteiger charge is -2.38. The van der Waals surface area contributed by atoms with Crippen LogP contribution in [0.1, 0.15) is 138 Å². The van der Waals surface area contributed by atoms with E-state index in [1.165, 1.54) is 19.4 Å². The monoisotopic (exact) mass is 1180 g/mol. The number of carboxylic acids is 1. The summed E-state index contributed by atoms with van der Waals surface area (Å²) >= 11 is 13.4. The predicted molar refractivity (Wildman–Crippen MR) is 286 cm³/mol. The second-order valence-electron chi connectivity index (χ2n) is 22.8. The van der Waals surface area contributed by atoms with Crippen LogP contribution >= 0.6 is 23.2 Å². The molecule has 2 aromatic carbocycles. The molecule has 6 saturated heterocycles. The fraction of sp³-hybridized carbons (Fsp3) is 0.491. The van der Waals surface area contributed by atoms with Gasteiger partial charge >= 0.3 is 30.3 Å². The van der Waals surface area contributed by atoms with Gasteiger partial charge in [0.15, 0.2) is 11.6 Å². The molecule has 4 aromatic heterocycles. The van der Waals surface area contributed by atoms with E-state index >= 15 is 18.0 Å². The van der Waals surface area contributed by atoms with Gasteiger partial charge in [-0.25, -0.2) is 0 Å². The lowest BCUT2D eigenvalue weighted by atomic mass is 9.90. The largest absolute Gasteiger partial charge is 0.481 e. The van der Waals surface area contributed by atoms with Crippen molar-refractivity contribution in [3.05, 3.63) is 104 Å². The number of carbonyl (C=O) groups is 5. The molecule has 7 unspecified atom stereocenters. The number of halogens is 8. The third-order valence-corrected chi connectivity index (χ3v) is 18.6. The number of carboxylic acid groups (broad SMARTS) is 1. The highest BCUT2D eigenvalue weighted by atomic mass is 35.5. The molecule has 6 aromatic rings. The highest BCUT2D eigenvalue weighted by Crippen LogP contribution is 2.47. The lowest BCUT2D eigenvalue weighted by molar-refractivity contribution is -0.150. The SMILES string of the molecule is COC(=O)C1CC2CCC(C1)N2c1nn(C(=O)c2c(C(F)(F)F)ccc(Cc3cnc4c(N5C6CCC5CC(C(=O)O)C6)nn(C(=O)c5c(Cl)cccc5C(F)(F)F)c4c3)c2Cl)c2cc(C(C)COC(=O)C3CC4CCC(C3)N4)cnc12. The number of anilines is 2. The Morgan fingerprint density at radius 1 is 0.683 bits per heavy atom. The van der Waals surface area contributed by atoms with Crippen LogP contribution in [0.4, 0.5) is 38.0 Å². The van der Waals surface area contributed by atoms with Crippen LogP contribution in [-0.2, 0) is 42.6 Å². The van der Waals surface area contributed by atoms with Gasteiger partial charge in [-0.15, -0.1) is 10.2 Å². The first kappa shape index (κ1) is 55.7. The highest BCUT2D eigenvalue weighted by Gasteiger charge is 2.48. The zero-order chi connectivity index (χ0) is 57.8. The van der Waals surface area contributed by atoms with Gasteiger partial charge in [0.25, 0.3) is 11.8 Å². The summed E-state index contributed by atoms with van der Waals surface area (Å²) < 4.78 is 102. The Bertz CT molecular complexity index is 3570. The molecule has 0 radical (unpaired) electrons. The number of alkyl halides is 6. The summed E-state index contributed by atoms with van der Waals surface area (Å²) in [5.74, 6) is -5.65. The third-order valence-electron chi connectivity index (χ3n) is 17.8. The van der Waals surface area contributed by atoms with E-state index in [9.17, 15) is 37.5 Å². The third kappa shape index (κ3) is 9.90. The number of carbonyl (C=O) groups excluding carboxylic acids is 4. The van der Waals surface area contributed by atoms with E-state index in [0.717, 1.165) is 46.5 Å². The standard InChI is InChI=1S/C57H55Cl2F6N9O8/c1-26(25-82-55(80)30-16-33-7-8-34(17-30)68-33)32-22-43-48(67-24-32)50(72-37-11-12-38(72)21-31(20-37)54(79)81-2)70-74(43)52(76)45-40(57(63,64)65)13-6-28(46(45)59)14-27-15-42-47(66-23-27)49(71-35-9-10-36(71)19-29(18-35)53(77)78)69-73(42)51(75)44-39(56(60,61)62)4-3-5-41(44)58/h3-6,13,15,22-24,26,29-31,33-38,68H,7-12,14,16-21,25H2,1-2H3,(H,77,78). The normalized spacial score (nSPS) is 25.5. The number of nitrogens with one attached hydrogen (secondary N) is 1. The predicted octanol–water partition coefficient (Wildman–Crippen LogP) is 10.4. The molecule has 0 amide bonds. The summed E-state index contributed by atoms with van der Waals surface area (Å²) in [5.41, 5.74) is -3.63. The molecule has 0 saturated carbocycles. The van der Waals surface area contributed by atoms with Crippen LogP contribution in [-0.4, -0.2) is 114 Å². The van der Waals surface area contributed by atoms with Crippen molar-refractivity contribution in [1.82, 2.24) is 34.8 Å². The molecule has 6 aliphatic heterocycles. The Hall–Kier alpha value is -6.85. The Morgan fingerprint density at radius 2 is 1.21 bits per heavy atom. The Balaban J connectivity index is 0.928. The Kier molecular flexibility index (Phi) is 14.3. The minimum Gasteiger partial charge on any atom is -0.481 e. The first-order valence-corrected chi connectivity index (χ1v) is 28.2. The molecular formula is C57H55Cl2F6N9O8. The van der Waals surface area contributed by atoms with Crippen LogP contribution in [0, 0.1) is 17.8 Å². The molecule has 12 rings (SSSR count). The Labute approximate surface area is 474 Å². The van der Waals surface area contributed by atoms with Crippen molar-refractivity contribution in [3.8, 4) is 0 Å². The van der Waals surface area contributed by atoms with Crippen molar-refractivity contribution in [2.45, 2.75) is 145 Å². The van der Waals surface area contributed by atoms with Crippen LogP contribution < -0.4 is 15.1 Å². The zero-order valence-electron chi connectivity index (χ0n) is 44.3. The maximum atomic E-state index is 15.3. The van der Waals surface area contributed by atoms with Gasteiger partial charge in [0.1, 0.15) is 11.0 Å². The molecule has 25 heteroatoms. The molecule has 6 fully saturated rings. The number of fused-ring (bicyclic) bond motifs is 8. The topological polar surface area (TPSA) is 204 Å². The molecule has 10 heterocycles. The van der Waals surface area contributed by atoms with Crippen LogP contribution in [0.3, 0.4) is 0 Å².